The first-order valence-corrected chi connectivity index (χ1v) is 27.1. The van der Waals surface area contributed by atoms with Gasteiger partial charge in [-0.15, -0.1) is 0 Å². The normalized spacial score (nSPS) is 24.3. The van der Waals surface area contributed by atoms with Gasteiger partial charge in [-0.25, -0.2) is 23.0 Å². The van der Waals surface area contributed by atoms with Gasteiger partial charge in [0.15, 0.2) is 23.8 Å². The molecule has 3 aromatic carbocycles. The number of ether oxygens (including phenoxy) is 6. The summed E-state index contributed by atoms with van der Waals surface area (Å²) in [5.74, 6) is -0.464. The van der Waals surface area contributed by atoms with E-state index in [2.05, 4.69) is 35.2 Å². The van der Waals surface area contributed by atoms with Crippen molar-refractivity contribution in [3.05, 3.63) is 130 Å². The molecular formula is C52H55BrClF2N5O10S. The van der Waals surface area contributed by atoms with Crippen molar-refractivity contribution in [3.63, 3.8) is 0 Å². The van der Waals surface area contributed by atoms with Crippen LogP contribution < -0.4 is 4.74 Å². The number of halogens is 4. The Labute approximate surface area is 428 Å². The van der Waals surface area contributed by atoms with Gasteiger partial charge in [0.1, 0.15) is 40.0 Å². The fraction of sp³-hybridized carbons (Fsp3) is 0.385. The molecule has 72 heavy (non-hydrogen) atoms. The van der Waals surface area contributed by atoms with E-state index in [0.29, 0.717) is 77.0 Å². The van der Waals surface area contributed by atoms with E-state index in [-0.39, 0.29) is 48.2 Å². The van der Waals surface area contributed by atoms with Gasteiger partial charge in [0, 0.05) is 77.1 Å². The number of pyridine rings is 2. The van der Waals surface area contributed by atoms with Gasteiger partial charge in [0.2, 0.25) is 0 Å². The zero-order chi connectivity index (χ0) is 50.5. The molecule has 0 bridgehead atoms. The first-order valence-electron chi connectivity index (χ1n) is 23.6. The van der Waals surface area contributed by atoms with Crippen molar-refractivity contribution in [2.75, 3.05) is 45.5 Å². The van der Waals surface area contributed by atoms with Crippen LogP contribution in [0.4, 0.5) is 14.5 Å². The van der Waals surface area contributed by atoms with E-state index in [1.165, 1.54) is 12.1 Å². The Morgan fingerprint density at radius 2 is 1.57 bits per heavy atom. The molecule has 2 unspecified atom stereocenters. The molecule has 0 spiro atoms. The van der Waals surface area contributed by atoms with Crippen LogP contribution in [0.2, 0.25) is 5.15 Å². The van der Waals surface area contributed by atoms with Crippen molar-refractivity contribution in [3.8, 4) is 28.3 Å². The van der Waals surface area contributed by atoms with Gasteiger partial charge < -0.3 is 53.3 Å². The second-order valence-electron chi connectivity index (χ2n) is 18.2. The Kier molecular flexibility index (Phi) is 16.7. The van der Waals surface area contributed by atoms with Gasteiger partial charge in [-0.05, 0) is 58.5 Å². The molecule has 4 saturated heterocycles. The summed E-state index contributed by atoms with van der Waals surface area (Å²) in [6.45, 7) is 1.59. The maximum Gasteiger partial charge on any atom is 0.193 e. The Morgan fingerprint density at radius 1 is 0.833 bits per heavy atom. The average Bonchev–Trinajstić information content (AvgIpc) is 3.91. The van der Waals surface area contributed by atoms with Crippen LogP contribution >= 0.6 is 27.5 Å². The lowest BCUT2D eigenvalue weighted by Gasteiger charge is -2.40. The third-order valence-electron chi connectivity index (χ3n) is 12.5. The Morgan fingerprint density at radius 3 is 2.26 bits per heavy atom. The lowest BCUT2D eigenvalue weighted by Crippen LogP contribution is -2.49. The fourth-order valence-corrected chi connectivity index (χ4v) is 10.1. The minimum atomic E-state index is -2.22. The fourth-order valence-electron chi connectivity index (χ4n) is 8.91. The third-order valence-corrected chi connectivity index (χ3v) is 14.0. The summed E-state index contributed by atoms with van der Waals surface area (Å²) in [6.07, 6.45) is 4.33. The average molecular weight is 1100 g/mol. The van der Waals surface area contributed by atoms with Gasteiger partial charge in [-0.2, -0.15) is 4.36 Å². The molecule has 4 N–H and O–H groups in total. The van der Waals surface area contributed by atoms with Crippen molar-refractivity contribution in [1.29, 1.82) is 0 Å². The second kappa shape index (κ2) is 23.1. The number of rotatable bonds is 8. The number of hydrogen-bond donors (Lipinski definition) is 4. The monoisotopic (exact) mass is 1090 g/mol. The summed E-state index contributed by atoms with van der Waals surface area (Å²) in [5, 5.41) is 29.3. The van der Waals surface area contributed by atoms with E-state index in [1.807, 2.05) is 83.4 Å². The van der Waals surface area contributed by atoms with E-state index >= 15 is 0 Å². The number of benzene rings is 3. The standard InChI is InChI=1S/C27H28FN3O5S.C13H16O4.C12H11BrClFN2O/c1-37(2,34)31-19-9-7-17(8-10-19)16-3-5-18(6-4-16)27-21(28)12-22-23(30-27)13-26(29-22)36-20-11-24(33)25(14-32)35-15-20;14-10-6-11-12(15-7-10)8-16-13(17-11)9-4-2-1-3-5-9;13-12-7(15)5-9-8(16-12)6-10(14)17(9)11-3-1-2-4-18-11/h3-10,12-13,20,24-25,29,32-33H,11,14-15H2,1-2H3;1-5,10-14H,6-8H2;5-6,11H,1-4H2/t20-,24-,25+;10-,11-,12+,13?;/m00./s1. The summed E-state index contributed by atoms with van der Waals surface area (Å²) in [5.41, 5.74) is 6.81. The van der Waals surface area contributed by atoms with E-state index in [9.17, 15) is 28.3 Å². The highest BCUT2D eigenvalue weighted by Crippen LogP contribution is 2.35. The quantitative estimate of drug-likeness (QED) is 0.106. The van der Waals surface area contributed by atoms with Crippen LogP contribution in [0.15, 0.2) is 112 Å². The SMILES string of the molecule is CS(C)(=O)=Nc1ccc(-c2ccc(-c3nc4cc(O[C@@H]5CO[C@H](CO)[C@@H](O)C5)[nH]c4cc3F)cc2)cc1.Fc1cc2c(cc(Cl)n2C2CCCCO2)nc1Br.O[C@@H]1CO[C@@H]2COC(c3ccccc3)O[C@H]2C1. The molecule has 0 saturated carbocycles. The summed E-state index contributed by atoms with van der Waals surface area (Å²) >= 11 is 9.29. The lowest BCUT2D eigenvalue weighted by molar-refractivity contribution is -0.288. The predicted molar refractivity (Wildman–Crippen MR) is 272 cm³/mol. The minimum absolute atomic E-state index is 0.0432. The number of nitrogens with one attached hydrogen (secondary N) is 1. The number of nitrogens with zero attached hydrogens (tertiary/aromatic N) is 4. The van der Waals surface area contributed by atoms with Gasteiger partial charge in [-0.1, -0.05) is 78.3 Å². The van der Waals surface area contributed by atoms with Gasteiger partial charge in [-0.3, -0.25) is 0 Å². The Hall–Kier alpha value is -4.90. The first kappa shape index (κ1) is 52.0. The highest BCUT2D eigenvalue weighted by atomic mass is 79.9. The van der Waals surface area contributed by atoms with E-state index < -0.39 is 45.8 Å². The molecule has 0 aliphatic carbocycles. The number of hydrogen-bond acceptors (Lipinski definition) is 13. The number of H-pyrrole nitrogens is 1. The Balaban J connectivity index is 0.000000151. The molecule has 4 aliphatic rings. The number of aromatic amines is 1. The smallest absolute Gasteiger partial charge is 0.193 e. The summed E-state index contributed by atoms with van der Waals surface area (Å²) in [6, 6.07) is 31.0. The Bertz CT molecular complexity index is 3070. The van der Waals surface area contributed by atoms with Crippen LogP contribution in [0, 0.1) is 11.6 Å². The van der Waals surface area contributed by atoms with E-state index in [0.717, 1.165) is 36.0 Å². The molecule has 8 heterocycles. The first-order chi connectivity index (χ1) is 34.7. The van der Waals surface area contributed by atoms with Crippen molar-refractivity contribution < 1.29 is 56.7 Å². The maximum atomic E-state index is 15.0. The zero-order valence-electron chi connectivity index (χ0n) is 39.4. The predicted octanol–water partition coefficient (Wildman–Crippen LogP) is 9.83. The molecule has 11 rings (SSSR count). The van der Waals surface area contributed by atoms with Crippen LogP contribution in [0.1, 0.15) is 50.2 Å². The van der Waals surface area contributed by atoms with Crippen LogP contribution in [0.5, 0.6) is 5.88 Å². The van der Waals surface area contributed by atoms with Gasteiger partial charge >= 0.3 is 0 Å². The van der Waals surface area contributed by atoms with Crippen molar-refractivity contribution in [2.45, 2.75) is 81.2 Å². The molecule has 4 aliphatic heterocycles. The number of fused-ring (bicyclic) bond motifs is 3. The van der Waals surface area contributed by atoms with Crippen molar-refractivity contribution in [1.82, 2.24) is 19.5 Å². The summed E-state index contributed by atoms with van der Waals surface area (Å²) in [4.78, 5) is 11.7. The van der Waals surface area contributed by atoms with Gasteiger partial charge in [0.25, 0.3) is 0 Å². The topological polar surface area (TPSA) is 192 Å². The largest absolute Gasteiger partial charge is 0.473 e. The zero-order valence-corrected chi connectivity index (χ0v) is 42.6. The highest BCUT2D eigenvalue weighted by Gasteiger charge is 2.38. The molecule has 382 valence electrons. The van der Waals surface area contributed by atoms with Crippen molar-refractivity contribution >= 4 is 65.0 Å². The summed E-state index contributed by atoms with van der Waals surface area (Å²) < 4.78 is 80.6. The van der Waals surface area contributed by atoms with Crippen LogP contribution in [0.3, 0.4) is 0 Å². The number of aromatic nitrogens is 4. The van der Waals surface area contributed by atoms with Crippen LogP contribution in [0.25, 0.3) is 44.5 Å². The maximum absolute atomic E-state index is 15.0. The number of aliphatic hydroxyl groups excluding tert-OH is 3. The van der Waals surface area contributed by atoms with E-state index in [4.69, 9.17) is 40.0 Å². The molecule has 20 heteroatoms. The second-order valence-corrected chi connectivity index (χ2v) is 21.9. The molecule has 4 aromatic heterocycles. The molecule has 0 radical (unpaired) electrons. The molecule has 7 aromatic rings. The lowest BCUT2D eigenvalue weighted by atomic mass is 10.0. The molecular weight excluding hydrogens is 1040 g/mol. The van der Waals surface area contributed by atoms with Gasteiger partial charge in [0.05, 0.1) is 72.5 Å². The third kappa shape index (κ3) is 12.7. The highest BCUT2D eigenvalue weighted by molar-refractivity contribution is 9.10. The van der Waals surface area contributed by atoms with Crippen LogP contribution in [-0.2, 0) is 33.4 Å². The van der Waals surface area contributed by atoms with Crippen LogP contribution in [-0.4, -0.2) is 121 Å². The molecule has 4 fully saturated rings. The molecule has 15 nitrogen and oxygen atoms in total. The minimum Gasteiger partial charge on any atom is -0.473 e. The van der Waals surface area contributed by atoms with Crippen molar-refractivity contribution in [2.24, 2.45) is 4.36 Å². The molecule has 8 atom stereocenters. The van der Waals surface area contributed by atoms with E-state index in [1.54, 1.807) is 24.6 Å². The number of aliphatic hydroxyl groups is 3. The molecule has 0 amide bonds. The summed E-state index contributed by atoms with van der Waals surface area (Å²) in [7, 11) is -2.22.